The number of benzene rings is 1. The summed E-state index contributed by atoms with van der Waals surface area (Å²) in [7, 11) is 0. The molecule has 4 nitrogen and oxygen atoms in total. The van der Waals surface area contributed by atoms with Crippen molar-refractivity contribution in [1.82, 2.24) is 4.98 Å². The van der Waals surface area contributed by atoms with E-state index in [4.69, 9.17) is 0 Å². The van der Waals surface area contributed by atoms with Gasteiger partial charge in [0.2, 0.25) is 0 Å². The number of aryl methyl sites for hydroxylation is 2. The summed E-state index contributed by atoms with van der Waals surface area (Å²) in [6, 6.07) is 4.65. The van der Waals surface area contributed by atoms with Crippen molar-refractivity contribution >= 4 is 22.4 Å². The Kier molecular flexibility index (Phi) is 3.10. The van der Waals surface area contributed by atoms with Crippen molar-refractivity contribution in [3.63, 3.8) is 0 Å². The summed E-state index contributed by atoms with van der Waals surface area (Å²) in [5.74, 6) is -0.0546. The van der Waals surface area contributed by atoms with Crippen molar-refractivity contribution in [3.8, 4) is 5.75 Å². The maximum Gasteiger partial charge on any atom is 0.257 e. The Morgan fingerprint density at radius 2 is 2.18 bits per heavy atom. The molecule has 0 bridgehead atoms. The van der Waals surface area contributed by atoms with E-state index in [9.17, 15) is 9.90 Å². The first-order valence-electron chi connectivity index (χ1n) is 5.09. The molecule has 0 aliphatic carbocycles. The fourth-order valence-electron chi connectivity index (χ4n) is 1.48. The Hall–Kier alpha value is -1.88. The van der Waals surface area contributed by atoms with Gasteiger partial charge in [-0.25, -0.2) is 4.98 Å². The van der Waals surface area contributed by atoms with Gasteiger partial charge in [0.15, 0.2) is 5.13 Å². The Labute approximate surface area is 103 Å². The van der Waals surface area contributed by atoms with Crippen molar-refractivity contribution in [2.75, 3.05) is 5.32 Å². The lowest BCUT2D eigenvalue weighted by Crippen LogP contribution is -2.12. The highest BCUT2D eigenvalue weighted by molar-refractivity contribution is 7.15. The zero-order valence-electron chi connectivity index (χ0n) is 9.52. The van der Waals surface area contributed by atoms with Gasteiger partial charge in [0.05, 0.1) is 0 Å². The molecule has 0 unspecified atom stereocenters. The highest BCUT2D eigenvalue weighted by Gasteiger charge is 2.11. The monoisotopic (exact) mass is 248 g/mol. The van der Waals surface area contributed by atoms with Gasteiger partial charge in [0, 0.05) is 16.6 Å². The maximum atomic E-state index is 11.9. The molecule has 88 valence electrons. The topological polar surface area (TPSA) is 62.2 Å². The fraction of sp³-hybridized carbons (Fsp3) is 0.167. The van der Waals surface area contributed by atoms with Crippen LogP contribution in [-0.2, 0) is 0 Å². The summed E-state index contributed by atoms with van der Waals surface area (Å²) >= 11 is 1.43. The predicted molar refractivity (Wildman–Crippen MR) is 67.6 cm³/mol. The molecular formula is C12H12N2O2S. The molecule has 1 amide bonds. The van der Waals surface area contributed by atoms with E-state index in [0.717, 1.165) is 10.4 Å². The number of rotatable bonds is 2. The van der Waals surface area contributed by atoms with Gasteiger partial charge in [0.25, 0.3) is 5.91 Å². The summed E-state index contributed by atoms with van der Waals surface area (Å²) in [6.45, 7) is 3.71. The number of hydrogen-bond donors (Lipinski definition) is 2. The molecule has 0 atom stereocenters. The van der Waals surface area contributed by atoms with Gasteiger partial charge in [0.1, 0.15) is 5.75 Å². The predicted octanol–water partition coefficient (Wildman–Crippen LogP) is 2.72. The minimum Gasteiger partial charge on any atom is -0.508 e. The van der Waals surface area contributed by atoms with Crippen molar-refractivity contribution in [1.29, 1.82) is 0 Å². The van der Waals surface area contributed by atoms with Crippen LogP contribution in [0.2, 0.25) is 0 Å². The van der Waals surface area contributed by atoms with Gasteiger partial charge >= 0.3 is 0 Å². The molecule has 0 fully saturated rings. The lowest BCUT2D eigenvalue weighted by atomic mass is 10.1. The summed E-state index contributed by atoms with van der Waals surface area (Å²) in [4.78, 5) is 17.0. The van der Waals surface area contributed by atoms with Gasteiger partial charge in [-0.1, -0.05) is 0 Å². The second-order valence-corrected chi connectivity index (χ2v) is 4.96. The minimum atomic E-state index is -0.211. The van der Waals surface area contributed by atoms with Gasteiger partial charge < -0.3 is 5.11 Å². The number of carbonyl (C=O) groups excluding carboxylic acids is 1. The highest BCUT2D eigenvalue weighted by Crippen LogP contribution is 2.20. The first-order chi connectivity index (χ1) is 8.06. The van der Waals surface area contributed by atoms with Crippen LogP contribution in [0.4, 0.5) is 5.13 Å². The highest BCUT2D eigenvalue weighted by atomic mass is 32.1. The van der Waals surface area contributed by atoms with E-state index in [1.165, 1.54) is 17.4 Å². The maximum absolute atomic E-state index is 11.9. The summed E-state index contributed by atoms with van der Waals surface area (Å²) in [5, 5.41) is 12.6. The number of aromatic nitrogens is 1. The SMILES string of the molecule is Cc1cnc(NC(=O)c2ccc(O)cc2C)s1. The van der Waals surface area contributed by atoms with Crippen molar-refractivity contribution in [2.24, 2.45) is 0 Å². The molecule has 2 rings (SSSR count). The molecular weight excluding hydrogens is 236 g/mol. The van der Waals surface area contributed by atoms with E-state index in [-0.39, 0.29) is 11.7 Å². The van der Waals surface area contributed by atoms with Gasteiger partial charge in [-0.3, -0.25) is 10.1 Å². The summed E-state index contributed by atoms with van der Waals surface area (Å²) in [6.07, 6.45) is 1.71. The second-order valence-electron chi connectivity index (χ2n) is 3.73. The number of aromatic hydroxyl groups is 1. The zero-order chi connectivity index (χ0) is 12.4. The largest absolute Gasteiger partial charge is 0.508 e. The Morgan fingerprint density at radius 3 is 2.76 bits per heavy atom. The standard InChI is InChI=1S/C12H12N2O2S/c1-7-5-9(15)3-4-10(7)11(16)14-12-13-6-8(2)17-12/h3-6,15H,1-2H3,(H,13,14,16). The van der Waals surface area contributed by atoms with Gasteiger partial charge in [-0.05, 0) is 37.6 Å². The number of nitrogens with one attached hydrogen (secondary N) is 1. The van der Waals surface area contributed by atoms with Crippen LogP contribution in [-0.4, -0.2) is 16.0 Å². The summed E-state index contributed by atoms with van der Waals surface area (Å²) in [5.41, 5.74) is 1.27. The molecule has 1 aromatic carbocycles. The quantitative estimate of drug-likeness (QED) is 0.859. The third-order valence-electron chi connectivity index (χ3n) is 2.30. The van der Waals surface area contributed by atoms with E-state index in [2.05, 4.69) is 10.3 Å². The average Bonchev–Trinajstić information content (AvgIpc) is 2.63. The van der Waals surface area contributed by atoms with Crippen LogP contribution in [0.3, 0.4) is 0 Å². The van der Waals surface area contributed by atoms with Crippen LogP contribution in [0, 0.1) is 13.8 Å². The molecule has 2 N–H and O–H groups in total. The van der Waals surface area contributed by atoms with E-state index in [0.29, 0.717) is 10.7 Å². The van der Waals surface area contributed by atoms with E-state index in [1.807, 2.05) is 6.92 Å². The molecule has 0 aliphatic rings. The molecule has 1 aromatic heterocycles. The van der Waals surface area contributed by atoms with Crippen LogP contribution >= 0.6 is 11.3 Å². The van der Waals surface area contributed by atoms with Crippen LogP contribution in [0.25, 0.3) is 0 Å². The van der Waals surface area contributed by atoms with Gasteiger partial charge in [-0.15, -0.1) is 11.3 Å². The molecule has 5 heteroatoms. The molecule has 0 saturated heterocycles. The van der Waals surface area contributed by atoms with Gasteiger partial charge in [-0.2, -0.15) is 0 Å². The molecule has 1 heterocycles. The second kappa shape index (κ2) is 4.55. The fourth-order valence-corrected chi connectivity index (χ4v) is 2.14. The average molecular weight is 248 g/mol. The lowest BCUT2D eigenvalue weighted by molar-refractivity contribution is 0.102. The van der Waals surface area contributed by atoms with Crippen LogP contribution in [0.1, 0.15) is 20.8 Å². The van der Waals surface area contributed by atoms with E-state index < -0.39 is 0 Å². The van der Waals surface area contributed by atoms with Crippen molar-refractivity contribution < 1.29 is 9.90 Å². The first kappa shape index (κ1) is 11.6. The molecule has 0 radical (unpaired) electrons. The summed E-state index contributed by atoms with van der Waals surface area (Å²) < 4.78 is 0. The number of nitrogens with zero attached hydrogens (tertiary/aromatic N) is 1. The molecule has 2 aromatic rings. The molecule has 0 aliphatic heterocycles. The molecule has 17 heavy (non-hydrogen) atoms. The van der Waals surface area contributed by atoms with E-state index >= 15 is 0 Å². The Morgan fingerprint density at radius 1 is 1.41 bits per heavy atom. The minimum absolute atomic E-state index is 0.157. The third kappa shape index (κ3) is 2.62. The smallest absolute Gasteiger partial charge is 0.257 e. The number of thiazole rings is 1. The zero-order valence-corrected chi connectivity index (χ0v) is 10.3. The lowest BCUT2D eigenvalue weighted by Gasteiger charge is -2.05. The van der Waals surface area contributed by atoms with Crippen LogP contribution in [0.15, 0.2) is 24.4 Å². The number of phenols is 1. The normalized spacial score (nSPS) is 10.2. The first-order valence-corrected chi connectivity index (χ1v) is 5.91. The van der Waals surface area contributed by atoms with Crippen molar-refractivity contribution in [3.05, 3.63) is 40.4 Å². The number of amides is 1. The number of phenolic OH excluding ortho intramolecular Hbond substituents is 1. The van der Waals surface area contributed by atoms with E-state index in [1.54, 1.807) is 25.3 Å². The molecule has 0 saturated carbocycles. The number of anilines is 1. The van der Waals surface area contributed by atoms with Crippen molar-refractivity contribution in [2.45, 2.75) is 13.8 Å². The number of hydrogen-bond acceptors (Lipinski definition) is 4. The molecule has 0 spiro atoms. The number of carbonyl (C=O) groups is 1. The Bertz CT molecular complexity index is 563. The van der Waals surface area contributed by atoms with Crippen LogP contribution in [0.5, 0.6) is 5.75 Å². The third-order valence-corrected chi connectivity index (χ3v) is 3.12. The Balaban J connectivity index is 2.20. The van der Waals surface area contributed by atoms with Crippen LogP contribution < -0.4 is 5.32 Å².